The number of nitrogens with zero attached hydrogens (tertiary/aromatic N) is 3. The van der Waals surface area contributed by atoms with Crippen LogP contribution < -0.4 is 10.6 Å². The fourth-order valence-corrected chi connectivity index (χ4v) is 3.08. The summed E-state index contributed by atoms with van der Waals surface area (Å²) in [4.78, 5) is 13.3. The molecule has 3 aromatic rings. The second-order valence-electron chi connectivity index (χ2n) is 6.91. The summed E-state index contributed by atoms with van der Waals surface area (Å²) in [5, 5.41) is 16.3. The Hall–Kier alpha value is -2.51. The Bertz CT molecular complexity index is 933. The maximum Gasteiger partial charge on any atom is 0.225 e. The van der Waals surface area contributed by atoms with E-state index in [2.05, 4.69) is 41.5 Å². The lowest BCUT2D eigenvalue weighted by Crippen LogP contribution is -2.30. The fourth-order valence-electron chi connectivity index (χ4n) is 2.72. The zero-order valence-electron chi connectivity index (χ0n) is 16.1. The molecule has 2 aromatic heterocycles. The van der Waals surface area contributed by atoms with Crippen LogP contribution in [0.25, 0.3) is 11.3 Å². The van der Waals surface area contributed by atoms with Crippen LogP contribution in [0.5, 0.6) is 0 Å². The van der Waals surface area contributed by atoms with Gasteiger partial charge in [-0.15, -0.1) is 0 Å². The quantitative estimate of drug-likeness (QED) is 0.489. The van der Waals surface area contributed by atoms with Crippen LogP contribution in [-0.2, 0) is 0 Å². The van der Waals surface area contributed by atoms with Crippen LogP contribution >= 0.6 is 15.9 Å². The zero-order valence-corrected chi connectivity index (χ0v) is 17.7. The van der Waals surface area contributed by atoms with Gasteiger partial charge < -0.3 is 15.7 Å². The van der Waals surface area contributed by atoms with Crippen molar-refractivity contribution in [2.45, 2.75) is 26.8 Å². The fraction of sp³-hybridized carbons (Fsp3) is 0.286. The van der Waals surface area contributed by atoms with Crippen molar-refractivity contribution in [2.75, 3.05) is 17.2 Å². The van der Waals surface area contributed by atoms with Crippen LogP contribution in [0.15, 0.2) is 53.3 Å². The number of halogens is 1. The normalized spacial score (nSPS) is 12.1. The molecule has 0 unspecified atom stereocenters. The lowest BCUT2D eigenvalue weighted by molar-refractivity contribution is 0.248. The number of anilines is 3. The summed E-state index contributed by atoms with van der Waals surface area (Å²) in [5.74, 6) is 1.38. The molecule has 0 saturated carbocycles. The summed E-state index contributed by atoms with van der Waals surface area (Å²) in [6, 6.07) is 11.6. The van der Waals surface area contributed by atoms with Gasteiger partial charge in [-0.25, -0.2) is 4.98 Å². The number of aliphatic hydroxyl groups excluding tert-OH is 1. The third-order valence-electron chi connectivity index (χ3n) is 4.55. The molecule has 28 heavy (non-hydrogen) atoms. The van der Waals surface area contributed by atoms with E-state index in [9.17, 15) is 5.11 Å². The van der Waals surface area contributed by atoms with E-state index in [1.165, 1.54) is 0 Å². The summed E-state index contributed by atoms with van der Waals surface area (Å²) in [6.07, 6.45) is 3.47. The van der Waals surface area contributed by atoms with E-state index >= 15 is 0 Å². The largest absolute Gasteiger partial charge is 0.394 e. The molecule has 146 valence electrons. The SMILES string of the molecule is Cc1c(Br)cccc1Nc1cc(-c2ccncc2)nc(N[C@@H](CO)C(C)C)n1. The highest BCUT2D eigenvalue weighted by molar-refractivity contribution is 9.10. The van der Waals surface area contributed by atoms with Crippen molar-refractivity contribution in [1.82, 2.24) is 15.0 Å². The van der Waals surface area contributed by atoms with Gasteiger partial charge in [0.25, 0.3) is 0 Å². The molecule has 7 heteroatoms. The molecule has 3 rings (SSSR count). The smallest absolute Gasteiger partial charge is 0.225 e. The highest BCUT2D eigenvalue weighted by Gasteiger charge is 2.15. The van der Waals surface area contributed by atoms with Crippen LogP contribution in [0, 0.1) is 12.8 Å². The molecule has 0 aliphatic carbocycles. The maximum absolute atomic E-state index is 9.67. The summed E-state index contributed by atoms with van der Waals surface area (Å²) in [6.45, 7) is 6.14. The Kier molecular flexibility index (Phi) is 6.59. The Balaban J connectivity index is 2.00. The van der Waals surface area contributed by atoms with Crippen molar-refractivity contribution in [1.29, 1.82) is 0 Å². The predicted octanol–water partition coefficient (Wildman–Crippen LogP) is 4.78. The molecular weight excluding hydrogens is 418 g/mol. The number of aliphatic hydroxyl groups is 1. The van der Waals surface area contributed by atoms with E-state index < -0.39 is 0 Å². The molecule has 1 atom stereocenters. The number of rotatable bonds is 7. The number of hydrogen-bond donors (Lipinski definition) is 3. The summed E-state index contributed by atoms with van der Waals surface area (Å²) in [7, 11) is 0. The number of nitrogens with one attached hydrogen (secondary N) is 2. The van der Waals surface area contributed by atoms with Gasteiger partial charge >= 0.3 is 0 Å². The molecule has 0 aliphatic heterocycles. The molecule has 0 amide bonds. The molecule has 0 fully saturated rings. The first-order valence-electron chi connectivity index (χ1n) is 9.17. The molecule has 0 aliphatic rings. The van der Waals surface area contributed by atoms with Gasteiger partial charge in [-0.3, -0.25) is 4.98 Å². The predicted molar refractivity (Wildman–Crippen MR) is 117 cm³/mol. The van der Waals surface area contributed by atoms with Gasteiger partial charge in [0, 0.05) is 34.2 Å². The van der Waals surface area contributed by atoms with Crippen LogP contribution in [0.4, 0.5) is 17.5 Å². The average molecular weight is 442 g/mol. The molecule has 0 saturated heterocycles. The number of pyridine rings is 1. The van der Waals surface area contributed by atoms with E-state index in [1.54, 1.807) is 12.4 Å². The van der Waals surface area contributed by atoms with Gasteiger partial charge in [0.2, 0.25) is 5.95 Å². The summed E-state index contributed by atoms with van der Waals surface area (Å²) < 4.78 is 1.03. The van der Waals surface area contributed by atoms with Gasteiger partial charge in [0.15, 0.2) is 0 Å². The van der Waals surface area contributed by atoms with Crippen molar-refractivity contribution in [3.8, 4) is 11.3 Å². The first kappa shape index (κ1) is 20.2. The minimum atomic E-state index is -0.131. The first-order valence-corrected chi connectivity index (χ1v) is 9.96. The van der Waals surface area contributed by atoms with Gasteiger partial charge in [-0.1, -0.05) is 35.8 Å². The molecule has 0 bridgehead atoms. The summed E-state index contributed by atoms with van der Waals surface area (Å²) in [5.41, 5.74) is 3.77. The lowest BCUT2D eigenvalue weighted by atomic mass is 10.1. The number of hydrogen-bond acceptors (Lipinski definition) is 6. The second-order valence-corrected chi connectivity index (χ2v) is 7.77. The molecule has 0 spiro atoms. The highest BCUT2D eigenvalue weighted by Crippen LogP contribution is 2.28. The molecule has 1 aromatic carbocycles. The monoisotopic (exact) mass is 441 g/mol. The van der Waals surface area contributed by atoms with E-state index in [0.29, 0.717) is 11.8 Å². The third kappa shape index (κ3) is 4.85. The zero-order chi connectivity index (χ0) is 20.1. The topological polar surface area (TPSA) is 83.0 Å². The van der Waals surface area contributed by atoms with Crippen molar-refractivity contribution in [3.05, 3.63) is 58.8 Å². The first-order chi connectivity index (χ1) is 13.5. The minimum absolute atomic E-state index is 0.00795. The van der Waals surface area contributed by atoms with Crippen LogP contribution in [0.3, 0.4) is 0 Å². The molecule has 6 nitrogen and oxygen atoms in total. The van der Waals surface area contributed by atoms with Crippen molar-refractivity contribution < 1.29 is 5.11 Å². The minimum Gasteiger partial charge on any atom is -0.394 e. The Morgan fingerprint density at radius 3 is 2.54 bits per heavy atom. The second kappa shape index (κ2) is 9.12. The van der Waals surface area contributed by atoms with Crippen LogP contribution in [0.2, 0.25) is 0 Å². The molecule has 3 N–H and O–H groups in total. The Morgan fingerprint density at radius 1 is 1.11 bits per heavy atom. The number of aromatic nitrogens is 3. The van der Waals surface area contributed by atoms with Crippen LogP contribution in [-0.4, -0.2) is 32.7 Å². The summed E-state index contributed by atoms with van der Waals surface area (Å²) >= 11 is 3.56. The van der Waals surface area contributed by atoms with Crippen molar-refractivity contribution >= 4 is 33.4 Å². The third-order valence-corrected chi connectivity index (χ3v) is 5.41. The average Bonchev–Trinajstić information content (AvgIpc) is 2.70. The maximum atomic E-state index is 9.67. The van der Waals surface area contributed by atoms with E-state index in [4.69, 9.17) is 0 Å². The standard InChI is InChI=1S/C21H24BrN5O/c1-13(2)19(12-28)26-21-25-18(15-7-9-23-10-8-15)11-20(27-21)24-17-6-4-5-16(22)14(17)3/h4-11,13,19,28H,12H2,1-3H3,(H2,24,25,26,27)/t19-/m0/s1. The Labute approximate surface area is 173 Å². The number of benzene rings is 1. The van der Waals surface area contributed by atoms with E-state index in [0.717, 1.165) is 27.0 Å². The molecular formula is C21H24BrN5O. The van der Waals surface area contributed by atoms with Gasteiger partial charge in [0.05, 0.1) is 18.3 Å². The molecule has 2 heterocycles. The van der Waals surface area contributed by atoms with Gasteiger partial charge in [-0.05, 0) is 42.7 Å². The van der Waals surface area contributed by atoms with E-state index in [-0.39, 0.29) is 18.6 Å². The van der Waals surface area contributed by atoms with Crippen molar-refractivity contribution in [3.63, 3.8) is 0 Å². The highest BCUT2D eigenvalue weighted by atomic mass is 79.9. The van der Waals surface area contributed by atoms with Crippen LogP contribution in [0.1, 0.15) is 19.4 Å². The van der Waals surface area contributed by atoms with E-state index in [1.807, 2.05) is 57.2 Å². The van der Waals surface area contributed by atoms with Gasteiger partial charge in [-0.2, -0.15) is 4.98 Å². The lowest BCUT2D eigenvalue weighted by Gasteiger charge is -2.21. The Morgan fingerprint density at radius 2 is 1.86 bits per heavy atom. The molecule has 0 radical (unpaired) electrons. The van der Waals surface area contributed by atoms with Crippen molar-refractivity contribution in [2.24, 2.45) is 5.92 Å². The van der Waals surface area contributed by atoms with Gasteiger partial charge in [0.1, 0.15) is 5.82 Å².